The van der Waals surface area contributed by atoms with Gasteiger partial charge in [-0.25, -0.2) is 0 Å². The normalized spacial score (nSPS) is 12.5. The molecule has 108 valence electrons. The number of hydrogen-bond donors (Lipinski definition) is 0. The number of nitrogens with zero attached hydrogens (tertiary/aromatic N) is 4. The lowest BCUT2D eigenvalue weighted by atomic mass is 10.3. The summed E-state index contributed by atoms with van der Waals surface area (Å²) in [5, 5.41) is 4.18. The van der Waals surface area contributed by atoms with Gasteiger partial charge in [-0.05, 0) is 32.0 Å². The van der Waals surface area contributed by atoms with Crippen LogP contribution in [-0.4, -0.2) is 20.3 Å². The van der Waals surface area contributed by atoms with Crippen molar-refractivity contribution in [2.75, 3.05) is 0 Å². The van der Waals surface area contributed by atoms with Crippen LogP contribution in [0, 0.1) is 0 Å². The lowest BCUT2D eigenvalue weighted by Gasteiger charge is -2.07. The Morgan fingerprint density at radius 2 is 2.05 bits per heavy atom. The maximum absolute atomic E-state index is 12.4. The number of para-hydroxylation sites is 1. The Morgan fingerprint density at radius 1 is 1.29 bits per heavy atom. The fraction of sp³-hybridized carbons (Fsp3) is 0.267. The molecule has 6 heteroatoms. The van der Waals surface area contributed by atoms with Crippen molar-refractivity contribution in [3.63, 3.8) is 0 Å². The Kier molecular flexibility index (Phi) is 3.47. The zero-order valence-corrected chi connectivity index (χ0v) is 13.0. The van der Waals surface area contributed by atoms with Crippen LogP contribution in [0.1, 0.15) is 30.4 Å². The van der Waals surface area contributed by atoms with Crippen LogP contribution >= 0.6 is 11.3 Å². The van der Waals surface area contributed by atoms with Crippen LogP contribution in [0.25, 0.3) is 10.2 Å². The number of thiazole rings is 1. The number of amides is 1. The molecule has 1 amide bonds. The maximum atomic E-state index is 12.4. The summed E-state index contributed by atoms with van der Waals surface area (Å²) in [7, 11) is 1.92. The summed E-state index contributed by atoms with van der Waals surface area (Å²) >= 11 is 1.51. The highest BCUT2D eigenvalue weighted by atomic mass is 32.1. The van der Waals surface area contributed by atoms with E-state index in [1.165, 1.54) is 11.3 Å². The molecule has 5 nitrogen and oxygen atoms in total. The van der Waals surface area contributed by atoms with Crippen LogP contribution in [0.15, 0.2) is 41.5 Å². The monoisotopic (exact) mass is 300 g/mol. The minimum absolute atomic E-state index is 0.130. The molecule has 2 heterocycles. The quantitative estimate of drug-likeness (QED) is 0.730. The van der Waals surface area contributed by atoms with E-state index in [-0.39, 0.29) is 11.9 Å². The van der Waals surface area contributed by atoms with Crippen molar-refractivity contribution in [1.29, 1.82) is 0 Å². The van der Waals surface area contributed by atoms with Gasteiger partial charge in [0, 0.05) is 19.3 Å². The van der Waals surface area contributed by atoms with Crippen molar-refractivity contribution in [3.8, 4) is 0 Å². The number of aryl methyl sites for hydroxylation is 1. The summed E-state index contributed by atoms with van der Waals surface area (Å²) in [6.07, 6.45) is 1.63. The minimum atomic E-state index is -0.261. The molecule has 0 unspecified atom stereocenters. The first-order chi connectivity index (χ1) is 10.1. The molecule has 0 aliphatic heterocycles. The minimum Gasteiger partial charge on any atom is -0.319 e. The Balaban J connectivity index is 2.09. The molecule has 0 aliphatic rings. The van der Waals surface area contributed by atoms with Crippen molar-refractivity contribution in [2.45, 2.75) is 19.9 Å². The average molecular weight is 300 g/mol. The van der Waals surface area contributed by atoms with E-state index >= 15 is 0 Å². The zero-order valence-electron chi connectivity index (χ0n) is 12.1. The van der Waals surface area contributed by atoms with Crippen LogP contribution in [0.3, 0.4) is 0 Å². The molecule has 0 spiro atoms. The molecule has 0 bridgehead atoms. The van der Waals surface area contributed by atoms with Gasteiger partial charge in [0.25, 0.3) is 5.91 Å². The number of carbonyl (C=O) groups is 1. The molecule has 21 heavy (non-hydrogen) atoms. The van der Waals surface area contributed by atoms with Crippen molar-refractivity contribution >= 4 is 27.5 Å². The Hall–Kier alpha value is -2.21. The van der Waals surface area contributed by atoms with Gasteiger partial charge in [-0.2, -0.15) is 10.1 Å². The van der Waals surface area contributed by atoms with Gasteiger partial charge < -0.3 is 4.57 Å². The first kappa shape index (κ1) is 13.8. The van der Waals surface area contributed by atoms with Gasteiger partial charge in [0.1, 0.15) is 5.69 Å². The summed E-state index contributed by atoms with van der Waals surface area (Å²) in [4.78, 5) is 17.4. The molecule has 3 rings (SSSR count). The van der Waals surface area contributed by atoms with Crippen LogP contribution in [0.5, 0.6) is 0 Å². The second-order valence-corrected chi connectivity index (χ2v) is 6.09. The van der Waals surface area contributed by atoms with E-state index in [1.807, 2.05) is 49.7 Å². The summed E-state index contributed by atoms with van der Waals surface area (Å²) in [5.74, 6) is -0.261. The van der Waals surface area contributed by atoms with Gasteiger partial charge in [0.15, 0.2) is 4.80 Å². The lowest BCUT2D eigenvalue weighted by molar-refractivity contribution is 0.0986. The van der Waals surface area contributed by atoms with E-state index in [1.54, 1.807) is 16.9 Å². The first-order valence-electron chi connectivity index (χ1n) is 6.75. The largest absolute Gasteiger partial charge is 0.319 e. The van der Waals surface area contributed by atoms with E-state index in [0.717, 1.165) is 10.2 Å². The molecule has 0 fully saturated rings. The molecular weight excluding hydrogens is 284 g/mol. The fourth-order valence-corrected chi connectivity index (χ4v) is 3.24. The molecule has 3 aromatic rings. The zero-order chi connectivity index (χ0) is 15.0. The van der Waals surface area contributed by atoms with Crippen LogP contribution in [0.4, 0.5) is 0 Å². The smallest absolute Gasteiger partial charge is 0.297 e. The highest BCUT2D eigenvalue weighted by Gasteiger charge is 2.13. The molecule has 0 aliphatic carbocycles. The number of aromatic nitrogens is 3. The van der Waals surface area contributed by atoms with Crippen molar-refractivity contribution < 1.29 is 4.79 Å². The molecular formula is C15H16N4OS. The second-order valence-electron chi connectivity index (χ2n) is 5.08. The third kappa shape index (κ3) is 2.42. The predicted octanol–water partition coefficient (Wildman–Crippen LogP) is 2.76. The summed E-state index contributed by atoms with van der Waals surface area (Å²) in [6.45, 7) is 3.98. The molecule has 2 aromatic heterocycles. The van der Waals surface area contributed by atoms with Gasteiger partial charge in [0.05, 0.1) is 10.2 Å². The second kappa shape index (κ2) is 5.29. The van der Waals surface area contributed by atoms with E-state index in [4.69, 9.17) is 0 Å². The molecule has 0 N–H and O–H groups in total. The Bertz CT molecular complexity index is 869. The number of fused-ring (bicyclic) bond motifs is 1. The molecule has 0 atom stereocenters. The fourth-order valence-electron chi connectivity index (χ4n) is 2.23. The standard InChI is InChI=1S/C15H16N4OS/c1-10(2)19-12(8-9-16-19)14(20)17-15-18(3)11-6-4-5-7-13(11)21-15/h4-10H,1-3H3. The molecule has 0 radical (unpaired) electrons. The van der Waals surface area contributed by atoms with Crippen molar-refractivity contribution in [3.05, 3.63) is 47.0 Å². The lowest BCUT2D eigenvalue weighted by Crippen LogP contribution is -2.16. The topological polar surface area (TPSA) is 52.2 Å². The van der Waals surface area contributed by atoms with Crippen molar-refractivity contribution in [2.24, 2.45) is 12.0 Å². The van der Waals surface area contributed by atoms with Crippen LogP contribution in [-0.2, 0) is 7.05 Å². The summed E-state index contributed by atoms with van der Waals surface area (Å²) in [5.41, 5.74) is 1.59. The van der Waals surface area contributed by atoms with E-state index in [2.05, 4.69) is 10.1 Å². The van der Waals surface area contributed by atoms with Gasteiger partial charge in [0.2, 0.25) is 0 Å². The van der Waals surface area contributed by atoms with E-state index in [9.17, 15) is 4.79 Å². The van der Waals surface area contributed by atoms with Crippen molar-refractivity contribution in [1.82, 2.24) is 14.3 Å². The highest BCUT2D eigenvalue weighted by Crippen LogP contribution is 2.15. The van der Waals surface area contributed by atoms with Gasteiger partial charge in [-0.1, -0.05) is 23.5 Å². The van der Waals surface area contributed by atoms with Gasteiger partial charge in [-0.3, -0.25) is 9.48 Å². The third-order valence-corrected chi connectivity index (χ3v) is 4.40. The number of carbonyl (C=O) groups excluding carboxylic acids is 1. The van der Waals surface area contributed by atoms with Crippen LogP contribution in [0.2, 0.25) is 0 Å². The maximum Gasteiger partial charge on any atom is 0.297 e. The van der Waals surface area contributed by atoms with Gasteiger partial charge >= 0.3 is 0 Å². The molecule has 1 aromatic carbocycles. The molecule has 0 saturated heterocycles. The molecule has 0 saturated carbocycles. The number of hydrogen-bond acceptors (Lipinski definition) is 3. The third-order valence-electron chi connectivity index (χ3n) is 3.29. The first-order valence-corrected chi connectivity index (χ1v) is 7.56. The number of benzene rings is 1. The van der Waals surface area contributed by atoms with E-state index in [0.29, 0.717) is 10.5 Å². The highest BCUT2D eigenvalue weighted by molar-refractivity contribution is 7.16. The Morgan fingerprint density at radius 3 is 2.76 bits per heavy atom. The van der Waals surface area contributed by atoms with Crippen LogP contribution < -0.4 is 4.80 Å². The average Bonchev–Trinajstić information content (AvgIpc) is 3.05. The predicted molar refractivity (Wildman–Crippen MR) is 83.3 cm³/mol. The summed E-state index contributed by atoms with van der Waals surface area (Å²) < 4.78 is 4.75. The Labute approximate surface area is 126 Å². The van der Waals surface area contributed by atoms with Gasteiger partial charge in [-0.15, -0.1) is 0 Å². The SMILES string of the molecule is CC(C)n1nccc1C(=O)N=c1sc2ccccc2n1C. The summed E-state index contributed by atoms with van der Waals surface area (Å²) in [6, 6.07) is 9.85. The van der Waals surface area contributed by atoms with E-state index < -0.39 is 0 Å². The number of rotatable bonds is 2.